The van der Waals surface area contributed by atoms with Crippen LogP contribution in [0.2, 0.25) is 0 Å². The van der Waals surface area contributed by atoms with Crippen molar-refractivity contribution in [2.75, 3.05) is 51.4 Å². The van der Waals surface area contributed by atoms with Crippen molar-refractivity contribution in [2.45, 2.75) is 25.9 Å². The summed E-state index contributed by atoms with van der Waals surface area (Å²) in [5, 5.41) is 3.36. The van der Waals surface area contributed by atoms with Crippen LogP contribution in [0, 0.1) is 12.8 Å². The van der Waals surface area contributed by atoms with Crippen molar-refractivity contribution in [3.8, 4) is 0 Å². The van der Waals surface area contributed by atoms with Crippen LogP contribution in [0.5, 0.6) is 0 Å². The van der Waals surface area contributed by atoms with E-state index in [1.807, 2.05) is 6.92 Å². The Morgan fingerprint density at radius 1 is 1.36 bits per heavy atom. The van der Waals surface area contributed by atoms with Crippen LogP contribution in [0.4, 0.5) is 5.82 Å². The third-order valence-corrected chi connectivity index (χ3v) is 4.44. The van der Waals surface area contributed by atoms with Gasteiger partial charge in [0.2, 0.25) is 0 Å². The van der Waals surface area contributed by atoms with E-state index in [0.29, 0.717) is 5.92 Å². The monoisotopic (exact) mass is 306 g/mol. The van der Waals surface area contributed by atoms with Gasteiger partial charge < -0.3 is 19.7 Å². The first kappa shape index (κ1) is 15.6. The SMILES string of the molecule is COCC1CCN(c2cc([C@@H]3CNCCO3)nc(C)n2)CC1. The Kier molecular flexibility index (Phi) is 5.23. The predicted molar refractivity (Wildman–Crippen MR) is 85.1 cm³/mol. The van der Waals surface area contributed by atoms with Gasteiger partial charge in [-0.2, -0.15) is 0 Å². The highest BCUT2D eigenvalue weighted by atomic mass is 16.5. The molecule has 2 aliphatic heterocycles. The smallest absolute Gasteiger partial charge is 0.132 e. The highest BCUT2D eigenvalue weighted by molar-refractivity contribution is 5.41. The molecule has 0 unspecified atom stereocenters. The van der Waals surface area contributed by atoms with E-state index in [2.05, 4.69) is 26.3 Å². The first-order chi connectivity index (χ1) is 10.8. The molecule has 0 saturated carbocycles. The summed E-state index contributed by atoms with van der Waals surface area (Å²) in [6.07, 6.45) is 2.36. The van der Waals surface area contributed by atoms with E-state index in [-0.39, 0.29) is 6.10 Å². The molecular weight excluding hydrogens is 280 g/mol. The van der Waals surface area contributed by atoms with Crippen LogP contribution in [-0.4, -0.2) is 56.5 Å². The summed E-state index contributed by atoms with van der Waals surface area (Å²) in [6.45, 7) is 7.38. The lowest BCUT2D eigenvalue weighted by atomic mass is 9.98. The number of ether oxygens (including phenoxy) is 2. The van der Waals surface area contributed by atoms with Crippen molar-refractivity contribution in [1.29, 1.82) is 0 Å². The Labute approximate surface area is 132 Å². The molecule has 1 aromatic rings. The fourth-order valence-electron chi connectivity index (χ4n) is 3.22. The molecule has 0 spiro atoms. The molecule has 3 rings (SSSR count). The molecule has 122 valence electrons. The van der Waals surface area contributed by atoms with Gasteiger partial charge in [0.05, 0.1) is 12.3 Å². The van der Waals surface area contributed by atoms with Gasteiger partial charge >= 0.3 is 0 Å². The zero-order chi connectivity index (χ0) is 15.4. The molecule has 1 aromatic heterocycles. The van der Waals surface area contributed by atoms with Gasteiger partial charge in [-0.3, -0.25) is 0 Å². The highest BCUT2D eigenvalue weighted by Gasteiger charge is 2.23. The first-order valence-corrected chi connectivity index (χ1v) is 8.18. The van der Waals surface area contributed by atoms with Crippen molar-refractivity contribution >= 4 is 5.82 Å². The van der Waals surface area contributed by atoms with Crippen LogP contribution in [-0.2, 0) is 9.47 Å². The molecule has 2 fully saturated rings. The van der Waals surface area contributed by atoms with Gasteiger partial charge in [-0.05, 0) is 25.7 Å². The van der Waals surface area contributed by atoms with E-state index < -0.39 is 0 Å². The lowest BCUT2D eigenvalue weighted by Crippen LogP contribution is -2.36. The van der Waals surface area contributed by atoms with Gasteiger partial charge in [-0.25, -0.2) is 9.97 Å². The maximum absolute atomic E-state index is 5.82. The predicted octanol–water partition coefficient (Wildman–Crippen LogP) is 1.31. The fourth-order valence-corrected chi connectivity index (χ4v) is 3.22. The number of hydrogen-bond acceptors (Lipinski definition) is 6. The van der Waals surface area contributed by atoms with Gasteiger partial charge in [0, 0.05) is 46.0 Å². The average molecular weight is 306 g/mol. The largest absolute Gasteiger partial charge is 0.384 e. The molecule has 6 heteroatoms. The summed E-state index contributed by atoms with van der Waals surface area (Å²) in [5.41, 5.74) is 0.994. The molecular formula is C16H26N4O2. The molecule has 2 aliphatic rings. The summed E-state index contributed by atoms with van der Waals surface area (Å²) in [4.78, 5) is 11.6. The Balaban J connectivity index is 1.70. The fraction of sp³-hybridized carbons (Fsp3) is 0.750. The first-order valence-electron chi connectivity index (χ1n) is 8.18. The molecule has 3 heterocycles. The lowest BCUT2D eigenvalue weighted by molar-refractivity contribution is 0.0249. The molecule has 0 aliphatic carbocycles. The lowest BCUT2D eigenvalue weighted by Gasteiger charge is -2.33. The Bertz CT molecular complexity index is 483. The van der Waals surface area contributed by atoms with Crippen molar-refractivity contribution in [3.63, 3.8) is 0 Å². The van der Waals surface area contributed by atoms with Crippen molar-refractivity contribution in [2.24, 2.45) is 5.92 Å². The number of hydrogen-bond donors (Lipinski definition) is 1. The van der Waals surface area contributed by atoms with E-state index in [1.165, 1.54) is 0 Å². The van der Waals surface area contributed by atoms with E-state index in [0.717, 1.165) is 69.6 Å². The normalized spacial score (nSPS) is 23.7. The van der Waals surface area contributed by atoms with Crippen LogP contribution in [0.25, 0.3) is 0 Å². The molecule has 22 heavy (non-hydrogen) atoms. The number of rotatable bonds is 4. The number of aromatic nitrogens is 2. The Morgan fingerprint density at radius 2 is 2.18 bits per heavy atom. The average Bonchev–Trinajstić information content (AvgIpc) is 2.56. The Morgan fingerprint density at radius 3 is 2.86 bits per heavy atom. The van der Waals surface area contributed by atoms with Crippen molar-refractivity contribution in [1.82, 2.24) is 15.3 Å². The number of nitrogens with one attached hydrogen (secondary N) is 1. The summed E-state index contributed by atoms with van der Waals surface area (Å²) >= 11 is 0. The summed E-state index contributed by atoms with van der Waals surface area (Å²) in [7, 11) is 1.78. The van der Waals surface area contributed by atoms with Crippen LogP contribution < -0.4 is 10.2 Å². The second-order valence-electron chi connectivity index (χ2n) is 6.15. The van der Waals surface area contributed by atoms with Crippen LogP contribution in [0.1, 0.15) is 30.5 Å². The van der Waals surface area contributed by atoms with Gasteiger partial charge in [0.1, 0.15) is 17.7 Å². The topological polar surface area (TPSA) is 59.5 Å². The minimum Gasteiger partial charge on any atom is -0.384 e. The minimum absolute atomic E-state index is 0.0419. The minimum atomic E-state index is 0.0419. The second-order valence-corrected chi connectivity index (χ2v) is 6.15. The van der Waals surface area contributed by atoms with Crippen LogP contribution in [0.3, 0.4) is 0 Å². The molecule has 1 atom stereocenters. The van der Waals surface area contributed by atoms with Gasteiger partial charge in [0.15, 0.2) is 0 Å². The number of piperidine rings is 1. The number of morpholine rings is 1. The quantitative estimate of drug-likeness (QED) is 0.905. The van der Waals surface area contributed by atoms with E-state index >= 15 is 0 Å². The maximum atomic E-state index is 5.82. The summed E-state index contributed by atoms with van der Waals surface area (Å²) < 4.78 is 11.1. The molecule has 6 nitrogen and oxygen atoms in total. The molecule has 0 radical (unpaired) electrons. The number of nitrogens with zero attached hydrogens (tertiary/aromatic N) is 3. The second kappa shape index (κ2) is 7.35. The van der Waals surface area contributed by atoms with Gasteiger partial charge in [-0.15, -0.1) is 0 Å². The third-order valence-electron chi connectivity index (χ3n) is 4.44. The third kappa shape index (κ3) is 3.74. The Hall–Kier alpha value is -1.24. The maximum Gasteiger partial charge on any atom is 0.132 e. The molecule has 0 bridgehead atoms. The highest BCUT2D eigenvalue weighted by Crippen LogP contribution is 2.25. The summed E-state index contributed by atoms with van der Waals surface area (Å²) in [6, 6.07) is 2.10. The molecule has 2 saturated heterocycles. The van der Waals surface area contributed by atoms with E-state index in [4.69, 9.17) is 9.47 Å². The summed E-state index contributed by atoms with van der Waals surface area (Å²) in [5.74, 6) is 2.53. The van der Waals surface area contributed by atoms with Gasteiger partial charge in [0.25, 0.3) is 0 Å². The standard InChI is InChI=1S/C16H26N4O2/c1-12-18-14(15-10-17-5-8-22-15)9-16(19-12)20-6-3-13(4-7-20)11-21-2/h9,13,15,17H,3-8,10-11H2,1-2H3/t15-/m0/s1. The van der Waals surface area contributed by atoms with E-state index in [9.17, 15) is 0 Å². The van der Waals surface area contributed by atoms with E-state index in [1.54, 1.807) is 7.11 Å². The zero-order valence-corrected chi connectivity index (χ0v) is 13.5. The van der Waals surface area contributed by atoms with Gasteiger partial charge in [-0.1, -0.05) is 0 Å². The number of anilines is 1. The molecule has 1 N–H and O–H groups in total. The van der Waals surface area contributed by atoms with Crippen LogP contribution in [0.15, 0.2) is 6.07 Å². The zero-order valence-electron chi connectivity index (χ0n) is 13.5. The molecule has 0 amide bonds. The number of methoxy groups -OCH3 is 1. The molecule has 0 aromatic carbocycles. The van der Waals surface area contributed by atoms with Crippen molar-refractivity contribution < 1.29 is 9.47 Å². The van der Waals surface area contributed by atoms with Crippen molar-refractivity contribution in [3.05, 3.63) is 17.6 Å². The number of aryl methyl sites for hydroxylation is 1. The van der Waals surface area contributed by atoms with Crippen LogP contribution >= 0.6 is 0 Å².